The number of hydrogen-bond acceptors (Lipinski definition) is 13. The van der Waals surface area contributed by atoms with Crippen LogP contribution in [0.1, 0.15) is 95.6 Å². The summed E-state index contributed by atoms with van der Waals surface area (Å²) >= 11 is 0. The number of nitrogens with zero attached hydrogens (tertiary/aromatic N) is 5. The van der Waals surface area contributed by atoms with Crippen LogP contribution < -0.4 is 36.1 Å². The lowest BCUT2D eigenvalue weighted by Gasteiger charge is -2.41. The number of rotatable bonds is 15. The normalized spacial score (nSPS) is 19.5. The number of nitrogens with one attached hydrogen (secondary N) is 3. The molecule has 3 atom stereocenters. The first kappa shape index (κ1) is 45.1. The van der Waals surface area contributed by atoms with Crippen molar-refractivity contribution in [1.82, 2.24) is 30.4 Å². The summed E-state index contributed by atoms with van der Waals surface area (Å²) in [5.41, 5.74) is 6.99. The number of hydrogen-bond donors (Lipinski definition) is 4. The van der Waals surface area contributed by atoms with Crippen molar-refractivity contribution in [2.24, 2.45) is 5.41 Å². The first-order valence-corrected chi connectivity index (χ1v) is 21.7. The van der Waals surface area contributed by atoms with Crippen LogP contribution in [0.15, 0.2) is 48.5 Å². The highest BCUT2D eigenvalue weighted by molar-refractivity contribution is 6.23. The summed E-state index contributed by atoms with van der Waals surface area (Å²) in [6.45, 7) is 6.45. The van der Waals surface area contributed by atoms with Gasteiger partial charge < -0.3 is 30.7 Å². The highest BCUT2D eigenvalue weighted by Crippen LogP contribution is 2.52. The van der Waals surface area contributed by atoms with E-state index in [1.165, 1.54) is 6.07 Å². The van der Waals surface area contributed by atoms with Crippen molar-refractivity contribution in [1.29, 1.82) is 0 Å². The molecule has 0 radical (unpaired) electrons. The first-order valence-electron chi connectivity index (χ1n) is 21.7. The standard InChI is InChI=1S/C46H52F3N9O7/c1-25(27-17-28(46(47,48)49)19-29(50)18-27)52-41-34-21-38(37(64-4)22-35(34)53-26(2)54-41)65-24-45(11-12-45)23-31(6-9-39(59)51-3)57-15-13-56(14-16-57)30-5-7-32-33(20-30)44(63)58(43(32)62)36-8-10-40(60)55-42(36)61/h5,7,17-22,25,31,36H,6,8-16,23-24,50H2,1-4H3,(H,51,59)(H,52,53,54)(H,55,60,61)/t25-,31?,36?/m1/s1. The van der Waals surface area contributed by atoms with Gasteiger partial charge in [-0.25, -0.2) is 9.97 Å². The fourth-order valence-electron chi connectivity index (χ4n) is 9.17. The molecule has 4 aliphatic rings. The summed E-state index contributed by atoms with van der Waals surface area (Å²) in [6.07, 6.45) is -0.838. The van der Waals surface area contributed by atoms with E-state index < -0.39 is 47.5 Å². The van der Waals surface area contributed by atoms with Crippen LogP contribution in [-0.4, -0.2) is 108 Å². The van der Waals surface area contributed by atoms with Crippen LogP contribution in [0.2, 0.25) is 0 Å². The molecule has 8 rings (SSSR count). The highest BCUT2D eigenvalue weighted by atomic mass is 19.4. The van der Waals surface area contributed by atoms with Gasteiger partial charge in [0, 0.05) is 80.4 Å². The van der Waals surface area contributed by atoms with Crippen molar-refractivity contribution in [3.63, 3.8) is 0 Å². The molecule has 5 N–H and O–H groups in total. The Labute approximate surface area is 373 Å². The van der Waals surface area contributed by atoms with E-state index in [-0.39, 0.29) is 47.0 Å². The van der Waals surface area contributed by atoms with Crippen LogP contribution in [0.4, 0.5) is 30.4 Å². The molecule has 5 amide bonds. The van der Waals surface area contributed by atoms with E-state index in [9.17, 15) is 37.1 Å². The summed E-state index contributed by atoms with van der Waals surface area (Å²) in [7, 11) is 3.16. The predicted molar refractivity (Wildman–Crippen MR) is 234 cm³/mol. The van der Waals surface area contributed by atoms with E-state index in [0.717, 1.165) is 42.0 Å². The van der Waals surface area contributed by atoms with Crippen molar-refractivity contribution < 1.29 is 46.6 Å². The van der Waals surface area contributed by atoms with Crippen molar-refractivity contribution in [2.75, 3.05) is 62.9 Å². The van der Waals surface area contributed by atoms with Gasteiger partial charge >= 0.3 is 6.18 Å². The molecule has 2 saturated heterocycles. The second kappa shape index (κ2) is 17.8. The molecule has 1 saturated carbocycles. The molecule has 16 nitrogen and oxygen atoms in total. The van der Waals surface area contributed by atoms with E-state index in [1.54, 1.807) is 52.3 Å². The minimum atomic E-state index is -4.56. The van der Waals surface area contributed by atoms with E-state index in [0.29, 0.717) is 85.2 Å². The third-order valence-electron chi connectivity index (χ3n) is 13.0. The lowest BCUT2D eigenvalue weighted by Crippen LogP contribution is -2.54. The number of aryl methyl sites for hydroxylation is 1. The van der Waals surface area contributed by atoms with Gasteiger partial charge in [-0.15, -0.1) is 0 Å². The van der Waals surface area contributed by atoms with E-state index in [4.69, 9.17) is 15.2 Å². The molecule has 1 aliphatic carbocycles. The zero-order valence-electron chi connectivity index (χ0n) is 36.6. The Morgan fingerprint density at radius 1 is 0.985 bits per heavy atom. The number of halogens is 3. The van der Waals surface area contributed by atoms with Gasteiger partial charge in [0.25, 0.3) is 11.8 Å². The fraction of sp³-hybridized carbons (Fsp3) is 0.457. The predicted octanol–water partition coefficient (Wildman–Crippen LogP) is 5.39. The number of carbonyl (C=O) groups is 5. The molecule has 3 fully saturated rings. The third kappa shape index (κ3) is 9.51. The maximum absolute atomic E-state index is 13.6. The van der Waals surface area contributed by atoms with Crippen LogP contribution >= 0.6 is 0 Å². The zero-order chi connectivity index (χ0) is 46.4. The number of methoxy groups -OCH3 is 1. The Bertz CT molecular complexity index is 2560. The number of amides is 5. The summed E-state index contributed by atoms with van der Waals surface area (Å²) in [5, 5.41) is 8.82. The molecule has 19 heteroatoms. The Kier molecular flexibility index (Phi) is 12.4. The Hall–Kier alpha value is -6.50. The number of piperidine rings is 1. The second-order valence-corrected chi connectivity index (χ2v) is 17.5. The first-order chi connectivity index (χ1) is 30.9. The second-order valence-electron chi connectivity index (χ2n) is 17.5. The van der Waals surface area contributed by atoms with Gasteiger partial charge in [0.1, 0.15) is 17.7 Å². The zero-order valence-corrected chi connectivity index (χ0v) is 36.6. The van der Waals surface area contributed by atoms with Crippen LogP contribution in [0.25, 0.3) is 10.9 Å². The topological polar surface area (TPSA) is 201 Å². The monoisotopic (exact) mass is 899 g/mol. The van der Waals surface area contributed by atoms with Crippen molar-refractivity contribution in [3.8, 4) is 11.5 Å². The van der Waals surface area contributed by atoms with Crippen LogP contribution in [-0.2, 0) is 20.6 Å². The molecule has 4 heterocycles. The molecular formula is C46H52F3N9O7. The minimum absolute atomic E-state index is 0.00378. The van der Waals surface area contributed by atoms with Gasteiger partial charge in [-0.05, 0) is 94.0 Å². The van der Waals surface area contributed by atoms with Crippen molar-refractivity contribution >= 4 is 57.6 Å². The Morgan fingerprint density at radius 3 is 2.40 bits per heavy atom. The number of ether oxygens (including phenoxy) is 2. The lowest BCUT2D eigenvalue weighted by atomic mass is 9.92. The molecule has 0 spiro atoms. The SMILES string of the molecule is CNC(=O)CCC(CC1(COc2cc3c(N[C@H](C)c4cc(N)cc(C(F)(F)F)c4)nc(C)nc3cc2OC)CC1)N1CCN(c2ccc3c(c2)C(=O)N(C2CCC(=O)NC2=O)C3=O)CC1. The Morgan fingerprint density at radius 2 is 1.72 bits per heavy atom. The number of fused-ring (bicyclic) bond motifs is 2. The number of anilines is 3. The largest absolute Gasteiger partial charge is 0.493 e. The van der Waals surface area contributed by atoms with Crippen LogP contribution in [0, 0.1) is 12.3 Å². The van der Waals surface area contributed by atoms with E-state index in [1.807, 2.05) is 6.07 Å². The summed E-state index contributed by atoms with van der Waals surface area (Å²) in [6, 6.07) is 10.6. The van der Waals surface area contributed by atoms with Gasteiger partial charge in [-0.2, -0.15) is 13.2 Å². The van der Waals surface area contributed by atoms with Crippen LogP contribution in [0.5, 0.6) is 11.5 Å². The fourth-order valence-corrected chi connectivity index (χ4v) is 9.17. The minimum Gasteiger partial charge on any atom is -0.493 e. The quantitative estimate of drug-likeness (QED) is 0.0876. The number of carbonyl (C=O) groups excluding carboxylic acids is 5. The number of benzene rings is 3. The maximum atomic E-state index is 13.6. The number of nitrogens with two attached hydrogens (primary N) is 1. The summed E-state index contributed by atoms with van der Waals surface area (Å²) in [5.74, 6) is -0.457. The van der Waals surface area contributed by atoms with E-state index in [2.05, 4.69) is 35.7 Å². The number of piperazine rings is 1. The van der Waals surface area contributed by atoms with Crippen LogP contribution in [0.3, 0.4) is 0 Å². The van der Waals surface area contributed by atoms with Gasteiger partial charge in [0.15, 0.2) is 11.5 Å². The van der Waals surface area contributed by atoms with Crippen molar-refractivity contribution in [2.45, 2.75) is 83.1 Å². The molecule has 0 bridgehead atoms. The molecular weight excluding hydrogens is 848 g/mol. The lowest BCUT2D eigenvalue weighted by molar-refractivity contribution is -0.138. The molecule has 344 valence electrons. The molecule has 65 heavy (non-hydrogen) atoms. The summed E-state index contributed by atoms with van der Waals surface area (Å²) < 4.78 is 53.3. The molecule has 1 aromatic heterocycles. The van der Waals surface area contributed by atoms with Gasteiger partial charge in [0.2, 0.25) is 17.7 Å². The maximum Gasteiger partial charge on any atom is 0.416 e. The number of imide groups is 2. The van der Waals surface area contributed by atoms with E-state index >= 15 is 0 Å². The number of aromatic nitrogens is 2. The average Bonchev–Trinajstić information content (AvgIpc) is 4.00. The summed E-state index contributed by atoms with van der Waals surface area (Å²) in [4.78, 5) is 78.4. The van der Waals surface area contributed by atoms with Gasteiger partial charge in [-0.3, -0.25) is 39.1 Å². The molecule has 2 unspecified atom stereocenters. The van der Waals surface area contributed by atoms with Gasteiger partial charge in [-0.1, -0.05) is 0 Å². The number of nitrogen functional groups attached to an aromatic ring is 1. The number of alkyl halides is 3. The Balaban J connectivity index is 0.953. The third-order valence-corrected chi connectivity index (χ3v) is 13.0. The highest BCUT2D eigenvalue weighted by Gasteiger charge is 2.47. The molecule has 3 aromatic carbocycles. The molecule has 3 aliphatic heterocycles. The molecule has 4 aromatic rings. The van der Waals surface area contributed by atoms with Crippen molar-refractivity contribution in [3.05, 3.63) is 76.6 Å². The average molecular weight is 900 g/mol. The van der Waals surface area contributed by atoms with Gasteiger partial charge in [0.05, 0.1) is 42.0 Å². The smallest absolute Gasteiger partial charge is 0.416 e.